The standard InChI is InChI=1S/C29H35N5O4/c1-19(20-9-13-23(35)14-10-20)34(26(28(30)37)8-5-17-33-29(31)32)27(36)18-22-6-3-4-7-25(22)21-11-15-24(38-2)16-12-21/h3-4,6-7,9-16,19,26,35H,5,8,17-18H2,1-2H3,(H2,30,37)(H4,31,32,33)/t19-,26-/m1/s1. The van der Waals surface area contributed by atoms with Crippen molar-refractivity contribution in [2.24, 2.45) is 11.5 Å². The number of guanidine groups is 1. The molecule has 2 atom stereocenters. The molecule has 0 aliphatic rings. The number of ether oxygens (including phenoxy) is 1. The van der Waals surface area contributed by atoms with Crippen molar-refractivity contribution in [1.82, 2.24) is 10.2 Å². The van der Waals surface area contributed by atoms with Crippen LogP contribution in [0.15, 0.2) is 72.8 Å². The van der Waals surface area contributed by atoms with Gasteiger partial charge in [0.1, 0.15) is 17.5 Å². The summed E-state index contributed by atoms with van der Waals surface area (Å²) in [6.45, 7) is 2.21. The molecule has 0 unspecified atom stereocenters. The summed E-state index contributed by atoms with van der Waals surface area (Å²) in [6.07, 6.45) is 0.825. The predicted octanol–water partition coefficient (Wildman–Crippen LogP) is 3.32. The van der Waals surface area contributed by atoms with Crippen LogP contribution in [0.4, 0.5) is 0 Å². The number of benzene rings is 3. The number of amides is 2. The van der Waals surface area contributed by atoms with Crippen LogP contribution in [0.25, 0.3) is 11.1 Å². The van der Waals surface area contributed by atoms with Gasteiger partial charge in [0.15, 0.2) is 5.96 Å². The van der Waals surface area contributed by atoms with Crippen molar-refractivity contribution < 1.29 is 19.4 Å². The molecule has 0 spiro atoms. The number of aromatic hydroxyl groups is 1. The van der Waals surface area contributed by atoms with E-state index in [1.165, 1.54) is 4.90 Å². The number of carbonyl (C=O) groups excluding carboxylic acids is 2. The van der Waals surface area contributed by atoms with Gasteiger partial charge in [-0.05, 0) is 66.3 Å². The first-order chi connectivity index (χ1) is 18.2. The van der Waals surface area contributed by atoms with Gasteiger partial charge >= 0.3 is 0 Å². The summed E-state index contributed by atoms with van der Waals surface area (Å²) < 4.78 is 5.27. The van der Waals surface area contributed by atoms with Gasteiger partial charge in [0.2, 0.25) is 11.8 Å². The minimum absolute atomic E-state index is 0.0557. The number of nitrogens with one attached hydrogen (secondary N) is 2. The summed E-state index contributed by atoms with van der Waals surface area (Å²) in [7, 11) is 1.61. The molecule has 200 valence electrons. The number of nitrogens with zero attached hydrogens (tertiary/aromatic N) is 1. The lowest BCUT2D eigenvalue weighted by molar-refractivity contribution is -0.141. The molecule has 0 heterocycles. The van der Waals surface area contributed by atoms with Crippen LogP contribution in [-0.4, -0.2) is 47.5 Å². The smallest absolute Gasteiger partial charge is 0.240 e. The lowest BCUT2D eigenvalue weighted by Crippen LogP contribution is -2.50. The van der Waals surface area contributed by atoms with Gasteiger partial charge in [-0.15, -0.1) is 0 Å². The molecule has 38 heavy (non-hydrogen) atoms. The van der Waals surface area contributed by atoms with Crippen LogP contribution in [0.3, 0.4) is 0 Å². The van der Waals surface area contributed by atoms with E-state index in [0.717, 1.165) is 28.0 Å². The Kier molecular flexibility index (Phi) is 9.70. The SMILES string of the molecule is COc1ccc(-c2ccccc2CC(=O)N([C@H](CCCNC(=N)N)C(N)=O)[C@H](C)c2ccc(O)cc2)cc1. The van der Waals surface area contributed by atoms with E-state index in [9.17, 15) is 14.7 Å². The first-order valence-corrected chi connectivity index (χ1v) is 12.4. The van der Waals surface area contributed by atoms with Gasteiger partial charge in [-0.1, -0.05) is 48.5 Å². The van der Waals surface area contributed by atoms with Crippen LogP contribution in [0.2, 0.25) is 0 Å². The number of phenolic OH excluding ortho intramolecular Hbond substituents is 1. The fourth-order valence-corrected chi connectivity index (χ4v) is 4.49. The summed E-state index contributed by atoms with van der Waals surface area (Å²) in [6, 6.07) is 20.4. The van der Waals surface area contributed by atoms with Crippen molar-refractivity contribution in [3.63, 3.8) is 0 Å². The number of primary amides is 1. The van der Waals surface area contributed by atoms with Crippen molar-refractivity contribution in [3.05, 3.63) is 83.9 Å². The molecule has 7 N–H and O–H groups in total. The van der Waals surface area contributed by atoms with Crippen LogP contribution in [0.1, 0.15) is 36.9 Å². The number of hydrogen-bond acceptors (Lipinski definition) is 5. The second-order valence-corrected chi connectivity index (χ2v) is 9.03. The predicted molar refractivity (Wildman–Crippen MR) is 148 cm³/mol. The molecule has 3 rings (SSSR count). The molecule has 0 aromatic heterocycles. The minimum atomic E-state index is -0.881. The Balaban J connectivity index is 1.94. The van der Waals surface area contributed by atoms with Gasteiger partial charge in [-0.25, -0.2) is 0 Å². The number of nitrogens with two attached hydrogens (primary N) is 2. The average molecular weight is 518 g/mol. The molecule has 0 radical (unpaired) electrons. The molecular formula is C29H35N5O4. The average Bonchev–Trinajstić information content (AvgIpc) is 2.90. The lowest BCUT2D eigenvalue weighted by Gasteiger charge is -2.36. The van der Waals surface area contributed by atoms with Crippen LogP contribution in [-0.2, 0) is 16.0 Å². The first-order valence-electron chi connectivity index (χ1n) is 12.4. The largest absolute Gasteiger partial charge is 0.508 e. The normalized spacial score (nSPS) is 12.3. The summed E-state index contributed by atoms with van der Waals surface area (Å²) in [5, 5.41) is 19.8. The van der Waals surface area contributed by atoms with Gasteiger partial charge in [0, 0.05) is 6.54 Å². The molecule has 3 aromatic rings. The van der Waals surface area contributed by atoms with Crippen molar-refractivity contribution in [2.45, 2.75) is 38.3 Å². The molecule has 0 bridgehead atoms. The Morgan fingerprint density at radius 1 is 1.03 bits per heavy atom. The van der Waals surface area contributed by atoms with Crippen LogP contribution < -0.4 is 21.5 Å². The van der Waals surface area contributed by atoms with E-state index in [1.54, 1.807) is 31.4 Å². The number of phenols is 1. The molecule has 0 aliphatic carbocycles. The summed E-state index contributed by atoms with van der Waals surface area (Å²) in [5.41, 5.74) is 14.6. The fourth-order valence-electron chi connectivity index (χ4n) is 4.49. The van der Waals surface area contributed by atoms with Crippen LogP contribution >= 0.6 is 0 Å². The quantitative estimate of drug-likeness (QED) is 0.141. The number of methoxy groups -OCH3 is 1. The molecule has 0 saturated heterocycles. The van der Waals surface area contributed by atoms with Crippen LogP contribution in [0.5, 0.6) is 11.5 Å². The molecule has 0 fully saturated rings. The molecule has 2 amide bonds. The molecule has 0 aliphatic heterocycles. The second-order valence-electron chi connectivity index (χ2n) is 9.03. The summed E-state index contributed by atoms with van der Waals surface area (Å²) in [4.78, 5) is 28.1. The van der Waals surface area contributed by atoms with Crippen molar-refractivity contribution in [2.75, 3.05) is 13.7 Å². The maximum atomic E-state index is 13.9. The van der Waals surface area contributed by atoms with E-state index in [1.807, 2.05) is 55.5 Å². The van der Waals surface area contributed by atoms with Gasteiger partial charge in [-0.3, -0.25) is 15.0 Å². The zero-order valence-corrected chi connectivity index (χ0v) is 21.7. The van der Waals surface area contributed by atoms with Gasteiger partial charge in [0.05, 0.1) is 19.6 Å². The first kappa shape index (κ1) is 28.0. The highest BCUT2D eigenvalue weighted by atomic mass is 16.5. The maximum Gasteiger partial charge on any atom is 0.240 e. The topological polar surface area (TPSA) is 155 Å². The third-order valence-electron chi connectivity index (χ3n) is 6.47. The van der Waals surface area contributed by atoms with E-state index >= 15 is 0 Å². The third-order valence-corrected chi connectivity index (χ3v) is 6.47. The Hall–Kier alpha value is -4.53. The van der Waals surface area contributed by atoms with Gasteiger partial charge in [0.25, 0.3) is 0 Å². The zero-order valence-electron chi connectivity index (χ0n) is 21.7. The van der Waals surface area contributed by atoms with E-state index < -0.39 is 18.0 Å². The molecule has 9 heteroatoms. The molecular weight excluding hydrogens is 482 g/mol. The molecule has 9 nitrogen and oxygen atoms in total. The maximum absolute atomic E-state index is 13.9. The highest BCUT2D eigenvalue weighted by Crippen LogP contribution is 2.30. The molecule has 3 aromatic carbocycles. The van der Waals surface area contributed by atoms with E-state index in [2.05, 4.69) is 5.32 Å². The number of hydrogen-bond donors (Lipinski definition) is 5. The number of rotatable bonds is 12. The monoisotopic (exact) mass is 517 g/mol. The van der Waals surface area contributed by atoms with Crippen molar-refractivity contribution >= 4 is 17.8 Å². The summed E-state index contributed by atoms with van der Waals surface area (Å²) in [5.74, 6) is -0.194. The van der Waals surface area contributed by atoms with Gasteiger partial charge in [-0.2, -0.15) is 0 Å². The molecule has 0 saturated carbocycles. The van der Waals surface area contributed by atoms with E-state index in [0.29, 0.717) is 19.4 Å². The van der Waals surface area contributed by atoms with Crippen LogP contribution in [0, 0.1) is 5.41 Å². The number of carbonyl (C=O) groups is 2. The Bertz CT molecular complexity index is 1240. The fraction of sp³-hybridized carbons (Fsp3) is 0.276. The Morgan fingerprint density at radius 3 is 2.29 bits per heavy atom. The highest BCUT2D eigenvalue weighted by molar-refractivity contribution is 5.89. The minimum Gasteiger partial charge on any atom is -0.508 e. The van der Waals surface area contributed by atoms with Gasteiger partial charge < -0.3 is 31.5 Å². The summed E-state index contributed by atoms with van der Waals surface area (Å²) >= 11 is 0. The lowest BCUT2D eigenvalue weighted by atomic mass is 9.95. The van der Waals surface area contributed by atoms with Crippen molar-refractivity contribution in [3.8, 4) is 22.6 Å². The third kappa shape index (κ3) is 7.25. The van der Waals surface area contributed by atoms with Crippen molar-refractivity contribution in [1.29, 1.82) is 5.41 Å². The zero-order chi connectivity index (χ0) is 27.7. The Labute approximate surface area is 222 Å². The Morgan fingerprint density at radius 2 is 1.68 bits per heavy atom. The van der Waals surface area contributed by atoms with E-state index in [4.69, 9.17) is 21.6 Å². The highest BCUT2D eigenvalue weighted by Gasteiger charge is 2.33. The van der Waals surface area contributed by atoms with E-state index in [-0.39, 0.29) is 24.0 Å². The second kappa shape index (κ2) is 13.1.